The van der Waals surface area contributed by atoms with Gasteiger partial charge in [0.1, 0.15) is 30.6 Å². The van der Waals surface area contributed by atoms with Crippen LogP contribution in [0.3, 0.4) is 0 Å². The Morgan fingerprint density at radius 3 is 2.31 bits per heavy atom. The van der Waals surface area contributed by atoms with E-state index in [9.17, 15) is 43.5 Å². The number of aliphatic hydroxyl groups is 1. The summed E-state index contributed by atoms with van der Waals surface area (Å²) in [7, 11) is 0. The van der Waals surface area contributed by atoms with E-state index in [-0.39, 0.29) is 56.0 Å². The standard InChI is InChI=1S/C50H59FN8O11/c1-8-50(68)31-19-36-42-29(24-59(36)44(64)30(31)25-69-46(50)66)41-33(15-14-28-26(2)32(51)20-34(57-42)40(28)41)58-45(65)49(6,7)16-17-52-37(60)21-54-43(63)35(18-27-12-10-9-11-13-27)56-39(62)23-53-38(61)22-55-47(67)70-48(3,4)5/h9-13,19-20,33,35,68H,8,14-18,21-25H2,1-7H3,(H,52,60)(H,53,61)(H,54,63)(H,55,67)(H,56,62)(H,58,65)/t33-,35-,50-/m0/s1. The van der Waals surface area contributed by atoms with Gasteiger partial charge in [-0.2, -0.15) is 0 Å². The van der Waals surface area contributed by atoms with Gasteiger partial charge in [0.2, 0.25) is 29.5 Å². The summed E-state index contributed by atoms with van der Waals surface area (Å²) in [6.45, 7) is 10.2. The Labute approximate surface area is 403 Å². The van der Waals surface area contributed by atoms with Crippen LogP contribution in [0.25, 0.3) is 22.3 Å². The Morgan fingerprint density at radius 1 is 0.929 bits per heavy atom. The summed E-state index contributed by atoms with van der Waals surface area (Å²) in [4.78, 5) is 109. The Kier molecular flexibility index (Phi) is 14.5. The molecule has 372 valence electrons. The Hall–Kier alpha value is -7.22. The molecule has 1 aliphatic carbocycles. The third kappa shape index (κ3) is 10.7. The molecular formula is C50H59FN8O11. The number of nitrogens with one attached hydrogen (secondary N) is 6. The highest BCUT2D eigenvalue weighted by molar-refractivity contribution is 5.95. The largest absolute Gasteiger partial charge is 0.458 e. The number of esters is 1. The smallest absolute Gasteiger partial charge is 0.408 e. The highest BCUT2D eigenvalue weighted by Crippen LogP contribution is 2.46. The topological polar surface area (TPSA) is 265 Å². The lowest BCUT2D eigenvalue weighted by atomic mass is 9.80. The van der Waals surface area contributed by atoms with Crippen LogP contribution >= 0.6 is 0 Å². The van der Waals surface area contributed by atoms with Crippen molar-refractivity contribution in [2.24, 2.45) is 5.41 Å². The SMILES string of the molecule is CC[C@@]1(O)C(=O)OCc2c1cc1n(c2=O)Cc2c-1nc1cc(F)c(C)c3c1c2[C@@H](NC(=O)C(C)(C)CCNC(=O)CNC(=O)[C@H](Cc1ccccc1)NC(=O)CNC(=O)CNC(=O)OC(C)(C)C)CC3. The molecule has 2 aromatic heterocycles. The van der Waals surface area contributed by atoms with Crippen LogP contribution in [0.4, 0.5) is 9.18 Å². The van der Waals surface area contributed by atoms with Gasteiger partial charge >= 0.3 is 12.1 Å². The van der Waals surface area contributed by atoms with E-state index >= 15 is 4.39 Å². The first-order valence-electron chi connectivity index (χ1n) is 23.2. The van der Waals surface area contributed by atoms with Gasteiger partial charge in [-0.3, -0.25) is 28.8 Å². The number of hydrogen-bond acceptors (Lipinski definition) is 12. The van der Waals surface area contributed by atoms with Crippen molar-refractivity contribution in [3.05, 3.63) is 97.6 Å². The average Bonchev–Trinajstić information content (AvgIpc) is 3.68. The molecule has 70 heavy (non-hydrogen) atoms. The van der Waals surface area contributed by atoms with Crippen LogP contribution in [-0.4, -0.2) is 94.1 Å². The summed E-state index contributed by atoms with van der Waals surface area (Å²) < 4.78 is 27.3. The van der Waals surface area contributed by atoms with Gasteiger partial charge in [0.15, 0.2) is 5.60 Å². The third-order valence-electron chi connectivity index (χ3n) is 13.0. The van der Waals surface area contributed by atoms with E-state index in [0.29, 0.717) is 51.8 Å². The summed E-state index contributed by atoms with van der Waals surface area (Å²) in [6, 6.07) is 10.1. The first kappa shape index (κ1) is 50.7. The zero-order valence-corrected chi connectivity index (χ0v) is 40.3. The summed E-state index contributed by atoms with van der Waals surface area (Å²) in [6.07, 6.45) is 0.268. The molecule has 2 aliphatic heterocycles. The Morgan fingerprint density at radius 2 is 1.61 bits per heavy atom. The molecule has 0 spiro atoms. The lowest BCUT2D eigenvalue weighted by Gasteiger charge is -2.33. The van der Waals surface area contributed by atoms with E-state index in [2.05, 4.69) is 31.9 Å². The van der Waals surface area contributed by atoms with Crippen molar-refractivity contribution in [3.8, 4) is 11.4 Å². The highest BCUT2D eigenvalue weighted by atomic mass is 19.1. The number of alkyl carbamates (subject to hydrolysis) is 1. The van der Waals surface area contributed by atoms with Gasteiger partial charge in [-0.25, -0.2) is 19.0 Å². The molecule has 7 N–H and O–H groups in total. The quantitative estimate of drug-likeness (QED) is 0.0705. The number of hydrogen-bond donors (Lipinski definition) is 7. The number of carbonyl (C=O) groups is 7. The van der Waals surface area contributed by atoms with Gasteiger partial charge < -0.3 is 51.0 Å². The van der Waals surface area contributed by atoms with Crippen LogP contribution in [0.15, 0.2) is 47.3 Å². The number of aromatic nitrogens is 2. The fourth-order valence-electron chi connectivity index (χ4n) is 9.05. The number of pyridine rings is 2. The maximum Gasteiger partial charge on any atom is 0.408 e. The van der Waals surface area contributed by atoms with Crippen molar-refractivity contribution in [1.82, 2.24) is 41.5 Å². The molecule has 3 atom stereocenters. The number of ether oxygens (including phenoxy) is 2. The minimum atomic E-state index is -2.04. The van der Waals surface area contributed by atoms with E-state index in [1.807, 2.05) is 0 Å². The summed E-state index contributed by atoms with van der Waals surface area (Å²) in [5.74, 6) is -4.20. The summed E-state index contributed by atoms with van der Waals surface area (Å²) in [5.41, 5.74) is 0.386. The lowest BCUT2D eigenvalue weighted by Crippen LogP contribution is -2.52. The van der Waals surface area contributed by atoms with E-state index in [1.165, 1.54) is 10.6 Å². The molecule has 0 radical (unpaired) electrons. The number of rotatable bonds is 16. The first-order valence-corrected chi connectivity index (χ1v) is 23.2. The predicted octanol–water partition coefficient (Wildman–Crippen LogP) is 2.65. The number of amides is 6. The van der Waals surface area contributed by atoms with Crippen LogP contribution in [0.2, 0.25) is 0 Å². The second kappa shape index (κ2) is 20.0. The van der Waals surface area contributed by atoms with Gasteiger partial charge in [0.25, 0.3) is 5.56 Å². The molecule has 0 saturated carbocycles. The molecule has 4 aromatic rings. The van der Waals surface area contributed by atoms with Crippen LogP contribution < -0.4 is 37.5 Å². The Balaban J connectivity index is 0.982. The fraction of sp³-hybridized carbons (Fsp3) is 0.460. The average molecular weight is 967 g/mol. The van der Waals surface area contributed by atoms with Crippen LogP contribution in [-0.2, 0) is 69.8 Å². The number of fused-ring (bicyclic) bond motifs is 5. The van der Waals surface area contributed by atoms with E-state index in [1.54, 1.807) is 84.9 Å². The predicted molar refractivity (Wildman–Crippen MR) is 252 cm³/mol. The molecule has 19 nitrogen and oxygen atoms in total. The number of nitrogens with zero attached hydrogens (tertiary/aromatic N) is 2. The highest BCUT2D eigenvalue weighted by Gasteiger charge is 2.46. The minimum Gasteiger partial charge on any atom is -0.458 e. The molecule has 0 fully saturated rings. The number of carbonyl (C=O) groups excluding carboxylic acids is 7. The second-order valence-corrected chi connectivity index (χ2v) is 19.5. The van der Waals surface area contributed by atoms with Crippen molar-refractivity contribution in [1.29, 1.82) is 0 Å². The van der Waals surface area contributed by atoms with E-state index < -0.39 is 95.4 Å². The molecule has 6 amide bonds. The molecular weight excluding hydrogens is 908 g/mol. The fourth-order valence-corrected chi connectivity index (χ4v) is 9.05. The van der Waals surface area contributed by atoms with Crippen molar-refractivity contribution in [2.45, 2.75) is 117 Å². The molecule has 0 saturated heterocycles. The minimum absolute atomic E-state index is 0.0363. The van der Waals surface area contributed by atoms with Crippen LogP contribution in [0.1, 0.15) is 106 Å². The van der Waals surface area contributed by atoms with E-state index in [4.69, 9.17) is 14.5 Å². The zero-order valence-electron chi connectivity index (χ0n) is 40.3. The van der Waals surface area contributed by atoms with Gasteiger partial charge in [-0.1, -0.05) is 51.1 Å². The summed E-state index contributed by atoms with van der Waals surface area (Å²) in [5, 5.41) is 27.8. The molecule has 3 aliphatic rings. The Bertz CT molecular complexity index is 2860. The number of halogens is 1. The maximum atomic E-state index is 15.4. The summed E-state index contributed by atoms with van der Waals surface area (Å²) >= 11 is 0. The normalized spacial score (nSPS) is 17.2. The molecule has 0 unspecified atom stereocenters. The van der Waals surface area contributed by atoms with Gasteiger partial charge in [-0.15, -0.1) is 0 Å². The van der Waals surface area contributed by atoms with Gasteiger partial charge in [0.05, 0.1) is 48.1 Å². The first-order chi connectivity index (χ1) is 33.0. The molecule has 7 rings (SSSR count). The van der Waals surface area contributed by atoms with Gasteiger partial charge in [-0.05, 0) is 81.7 Å². The second-order valence-electron chi connectivity index (χ2n) is 19.5. The van der Waals surface area contributed by atoms with Crippen molar-refractivity contribution < 1.29 is 52.5 Å². The molecule has 4 heterocycles. The molecule has 0 bridgehead atoms. The lowest BCUT2D eigenvalue weighted by molar-refractivity contribution is -0.172. The molecule has 20 heteroatoms. The van der Waals surface area contributed by atoms with Crippen molar-refractivity contribution >= 4 is 52.5 Å². The van der Waals surface area contributed by atoms with E-state index in [0.717, 1.165) is 11.1 Å². The third-order valence-corrected chi connectivity index (χ3v) is 13.0. The van der Waals surface area contributed by atoms with Crippen LogP contribution in [0, 0.1) is 18.2 Å². The zero-order chi connectivity index (χ0) is 50.9. The van der Waals surface area contributed by atoms with Crippen LogP contribution in [0.5, 0.6) is 0 Å². The van der Waals surface area contributed by atoms with Crippen molar-refractivity contribution in [3.63, 3.8) is 0 Å². The number of cyclic esters (lactones) is 1. The number of aryl methyl sites for hydroxylation is 1. The van der Waals surface area contributed by atoms with Crippen molar-refractivity contribution in [2.75, 3.05) is 26.2 Å². The number of benzene rings is 2. The maximum absolute atomic E-state index is 15.4. The monoisotopic (exact) mass is 966 g/mol. The van der Waals surface area contributed by atoms with Gasteiger partial charge in [0, 0.05) is 41.0 Å². The molecule has 2 aromatic carbocycles.